The number of nitrogens with one attached hydrogen (secondary N) is 1. The van der Waals surface area contributed by atoms with E-state index in [1.807, 2.05) is 62.7 Å². The Kier molecular flexibility index (Phi) is 6.51. The summed E-state index contributed by atoms with van der Waals surface area (Å²) in [4.78, 5) is 12.8. The number of amides is 1. The van der Waals surface area contributed by atoms with Gasteiger partial charge in [-0.05, 0) is 62.6 Å². The minimum atomic E-state index is -0.294. The summed E-state index contributed by atoms with van der Waals surface area (Å²) in [6, 6.07) is 15.5. The maximum absolute atomic E-state index is 12.8. The van der Waals surface area contributed by atoms with Crippen LogP contribution in [0.4, 0.5) is 5.69 Å². The topological polar surface area (TPSA) is 74.0 Å². The van der Waals surface area contributed by atoms with Gasteiger partial charge in [-0.15, -0.1) is 0 Å². The maximum Gasteiger partial charge on any atom is 0.276 e. The van der Waals surface area contributed by atoms with E-state index in [4.69, 9.17) is 16.3 Å². The second kappa shape index (κ2) is 9.50. The summed E-state index contributed by atoms with van der Waals surface area (Å²) >= 11 is 6.21. The number of aromatic nitrogens is 4. The van der Waals surface area contributed by atoms with Crippen molar-refractivity contribution in [2.75, 3.05) is 5.32 Å². The van der Waals surface area contributed by atoms with Crippen LogP contribution in [0.1, 0.15) is 38.6 Å². The summed E-state index contributed by atoms with van der Waals surface area (Å²) in [6.07, 6.45) is 1.71. The van der Waals surface area contributed by atoms with Crippen LogP contribution < -0.4 is 10.1 Å². The zero-order chi connectivity index (χ0) is 23.5. The lowest BCUT2D eigenvalue weighted by Crippen LogP contribution is -2.15. The number of rotatable bonds is 7. The molecule has 0 saturated heterocycles. The number of ether oxygens (including phenoxy) is 1. The predicted molar refractivity (Wildman–Crippen MR) is 129 cm³/mol. The Hall–Kier alpha value is -3.58. The van der Waals surface area contributed by atoms with Crippen LogP contribution in [0.5, 0.6) is 5.75 Å². The highest BCUT2D eigenvalue weighted by molar-refractivity contribution is 6.32. The number of hydrogen-bond donors (Lipinski definition) is 1. The van der Waals surface area contributed by atoms with Gasteiger partial charge in [0.25, 0.3) is 5.91 Å². The van der Waals surface area contributed by atoms with Gasteiger partial charge in [0.15, 0.2) is 12.4 Å². The van der Waals surface area contributed by atoms with E-state index in [1.54, 1.807) is 16.9 Å². The largest absolute Gasteiger partial charge is 0.471 e. The molecule has 1 N–H and O–H groups in total. The molecule has 0 saturated carbocycles. The lowest BCUT2D eigenvalue weighted by atomic mass is 10.1. The molecule has 2 heterocycles. The monoisotopic (exact) mass is 463 g/mol. The Bertz CT molecular complexity index is 1270. The van der Waals surface area contributed by atoms with E-state index in [1.165, 1.54) is 0 Å². The van der Waals surface area contributed by atoms with Gasteiger partial charge in [-0.1, -0.05) is 41.9 Å². The van der Waals surface area contributed by atoms with E-state index in [9.17, 15) is 4.79 Å². The number of hydrogen-bond acceptors (Lipinski definition) is 4. The number of carbonyl (C=O) groups excluding carboxylic acids is 1. The molecule has 0 bridgehead atoms. The molecule has 0 atom stereocenters. The molecule has 8 heteroatoms. The van der Waals surface area contributed by atoms with Crippen LogP contribution in [-0.2, 0) is 13.3 Å². The van der Waals surface area contributed by atoms with Gasteiger partial charge in [-0.3, -0.25) is 9.48 Å². The Balaban J connectivity index is 1.42. The molecule has 7 nitrogen and oxygen atoms in total. The fourth-order valence-electron chi connectivity index (χ4n) is 3.65. The minimum absolute atomic E-state index is 0.181. The quantitative estimate of drug-likeness (QED) is 0.403. The van der Waals surface area contributed by atoms with Crippen molar-refractivity contribution < 1.29 is 9.53 Å². The van der Waals surface area contributed by atoms with Gasteiger partial charge < -0.3 is 10.1 Å². The molecular weight excluding hydrogens is 438 g/mol. The molecule has 0 unspecified atom stereocenters. The molecule has 4 rings (SSSR count). The van der Waals surface area contributed by atoms with E-state index < -0.39 is 0 Å². The van der Waals surface area contributed by atoms with Gasteiger partial charge in [0.2, 0.25) is 0 Å². The van der Waals surface area contributed by atoms with Crippen molar-refractivity contribution in [1.29, 1.82) is 0 Å². The molecule has 33 heavy (non-hydrogen) atoms. The fraction of sp³-hybridized carbons (Fsp3) is 0.240. The lowest BCUT2D eigenvalue weighted by Gasteiger charge is -2.10. The first-order chi connectivity index (χ1) is 15.8. The highest BCUT2D eigenvalue weighted by Gasteiger charge is 2.17. The molecule has 2 aromatic heterocycles. The first-order valence-corrected chi connectivity index (χ1v) is 11.0. The first kappa shape index (κ1) is 22.6. The molecule has 1 amide bonds. The van der Waals surface area contributed by atoms with Crippen molar-refractivity contribution in [3.63, 3.8) is 0 Å². The highest BCUT2D eigenvalue weighted by Crippen LogP contribution is 2.26. The Morgan fingerprint density at radius 1 is 1.03 bits per heavy atom. The standard InChI is InChI=1S/C25H26ClN5O2/c1-16-12-21(13-17(2)23(16)26)33-15-30-11-10-22(29-30)25(32)27-24-18(3)28-31(19(24)4)14-20-8-6-5-7-9-20/h5-13H,14-15H2,1-4H3,(H,27,32). The number of carbonyl (C=O) groups is 1. The van der Waals surface area contributed by atoms with Gasteiger partial charge in [0, 0.05) is 11.2 Å². The van der Waals surface area contributed by atoms with Crippen LogP contribution in [-0.4, -0.2) is 25.5 Å². The molecule has 2 aromatic carbocycles. The smallest absolute Gasteiger partial charge is 0.276 e. The molecule has 170 valence electrons. The molecule has 4 aromatic rings. The molecule has 0 aliphatic heterocycles. The zero-order valence-electron chi connectivity index (χ0n) is 19.1. The Labute approximate surface area is 197 Å². The van der Waals surface area contributed by atoms with E-state index in [-0.39, 0.29) is 12.6 Å². The van der Waals surface area contributed by atoms with Crippen molar-refractivity contribution >= 4 is 23.2 Å². The average Bonchev–Trinajstić information content (AvgIpc) is 3.37. The molecular formula is C25H26ClN5O2. The van der Waals surface area contributed by atoms with Gasteiger partial charge in [0.05, 0.1) is 23.6 Å². The third-order valence-electron chi connectivity index (χ3n) is 5.44. The molecule has 0 spiro atoms. The highest BCUT2D eigenvalue weighted by atomic mass is 35.5. The van der Waals surface area contributed by atoms with Gasteiger partial charge in [0.1, 0.15) is 5.75 Å². The number of nitrogens with zero attached hydrogens (tertiary/aromatic N) is 4. The van der Waals surface area contributed by atoms with Crippen LogP contribution >= 0.6 is 11.6 Å². The number of anilines is 1. The molecule has 0 aliphatic rings. The number of benzene rings is 2. The second-order valence-electron chi connectivity index (χ2n) is 8.03. The van der Waals surface area contributed by atoms with Gasteiger partial charge in [-0.25, -0.2) is 4.68 Å². The normalized spacial score (nSPS) is 10.9. The summed E-state index contributed by atoms with van der Waals surface area (Å²) in [7, 11) is 0. The number of halogens is 1. The minimum Gasteiger partial charge on any atom is -0.471 e. The van der Waals surface area contributed by atoms with Crippen LogP contribution in [0.2, 0.25) is 5.02 Å². The van der Waals surface area contributed by atoms with Gasteiger partial charge in [-0.2, -0.15) is 10.2 Å². The van der Waals surface area contributed by atoms with Crippen LogP contribution in [0.15, 0.2) is 54.7 Å². The SMILES string of the molecule is Cc1cc(OCn2ccc(C(=O)Nc3c(C)nn(Cc4ccccc4)c3C)n2)cc(C)c1Cl. The summed E-state index contributed by atoms with van der Waals surface area (Å²) < 4.78 is 9.28. The third-order valence-corrected chi connectivity index (χ3v) is 6.04. The van der Waals surface area contributed by atoms with E-state index in [2.05, 4.69) is 27.6 Å². The number of aryl methyl sites for hydroxylation is 3. The molecule has 0 aliphatic carbocycles. The van der Waals surface area contributed by atoms with Crippen LogP contribution in [0.3, 0.4) is 0 Å². The fourth-order valence-corrected chi connectivity index (χ4v) is 3.76. The summed E-state index contributed by atoms with van der Waals surface area (Å²) in [6.45, 7) is 8.52. The zero-order valence-corrected chi connectivity index (χ0v) is 19.8. The first-order valence-electron chi connectivity index (χ1n) is 10.6. The summed E-state index contributed by atoms with van der Waals surface area (Å²) in [5.41, 5.74) is 5.70. The van der Waals surface area contributed by atoms with Crippen molar-refractivity contribution in [2.24, 2.45) is 0 Å². The van der Waals surface area contributed by atoms with Crippen molar-refractivity contribution in [2.45, 2.75) is 41.0 Å². The van der Waals surface area contributed by atoms with E-state index >= 15 is 0 Å². The second-order valence-corrected chi connectivity index (χ2v) is 8.41. The summed E-state index contributed by atoms with van der Waals surface area (Å²) in [5, 5.41) is 12.6. The van der Waals surface area contributed by atoms with E-state index in [0.717, 1.165) is 33.1 Å². The summed E-state index contributed by atoms with van der Waals surface area (Å²) in [5.74, 6) is 0.408. The molecule has 0 fully saturated rings. The van der Waals surface area contributed by atoms with Crippen molar-refractivity contribution in [3.05, 3.63) is 93.5 Å². The molecule has 0 radical (unpaired) electrons. The third kappa shape index (κ3) is 5.09. The van der Waals surface area contributed by atoms with Crippen molar-refractivity contribution in [3.8, 4) is 5.75 Å². The van der Waals surface area contributed by atoms with Crippen molar-refractivity contribution in [1.82, 2.24) is 19.6 Å². The average molecular weight is 464 g/mol. The Morgan fingerprint density at radius 3 is 2.42 bits per heavy atom. The van der Waals surface area contributed by atoms with Crippen LogP contribution in [0, 0.1) is 27.7 Å². The van der Waals surface area contributed by atoms with Crippen LogP contribution in [0.25, 0.3) is 0 Å². The predicted octanol–water partition coefficient (Wildman–Crippen LogP) is 5.30. The van der Waals surface area contributed by atoms with E-state index in [0.29, 0.717) is 23.7 Å². The lowest BCUT2D eigenvalue weighted by molar-refractivity contribution is 0.102. The Morgan fingerprint density at radius 2 is 1.73 bits per heavy atom. The van der Waals surface area contributed by atoms with Gasteiger partial charge >= 0.3 is 0 Å². The maximum atomic E-state index is 12.8.